The van der Waals surface area contributed by atoms with Crippen LogP contribution in [0.25, 0.3) is 0 Å². The molecule has 18 heavy (non-hydrogen) atoms. The maximum atomic E-state index is 13.4. The second-order valence-corrected chi connectivity index (χ2v) is 4.44. The fourth-order valence-corrected chi connectivity index (χ4v) is 1.69. The average molecular weight is 289 g/mol. The van der Waals surface area contributed by atoms with Gasteiger partial charge >= 0.3 is 0 Å². The van der Waals surface area contributed by atoms with Gasteiger partial charge in [-0.25, -0.2) is 8.78 Å². The molecule has 94 valence electrons. The van der Waals surface area contributed by atoms with Gasteiger partial charge in [0, 0.05) is 16.7 Å². The van der Waals surface area contributed by atoms with Crippen molar-refractivity contribution in [1.29, 1.82) is 0 Å². The number of hydrogen-bond acceptors (Lipinski definition) is 1. The predicted molar refractivity (Wildman–Crippen MR) is 67.2 cm³/mol. The Morgan fingerprint density at radius 1 is 0.944 bits per heavy atom. The first-order valence-corrected chi connectivity index (χ1v) is 5.83. The van der Waals surface area contributed by atoms with E-state index >= 15 is 0 Å². The third-order valence-corrected chi connectivity index (χ3v) is 2.83. The van der Waals surface area contributed by atoms with Crippen molar-refractivity contribution < 1.29 is 13.5 Å². The van der Waals surface area contributed by atoms with E-state index < -0.39 is 11.6 Å². The van der Waals surface area contributed by atoms with E-state index in [1.807, 2.05) is 0 Å². The molecule has 2 rings (SSSR count). The molecular weight excluding hydrogens is 281 g/mol. The van der Waals surface area contributed by atoms with Crippen molar-refractivity contribution in [1.82, 2.24) is 0 Å². The van der Waals surface area contributed by atoms with Crippen LogP contribution in [0.15, 0.2) is 36.4 Å². The first-order chi connectivity index (χ1) is 8.56. The Hall–Kier alpha value is -1.32. The third kappa shape index (κ3) is 3.12. The van der Waals surface area contributed by atoms with Crippen LogP contribution in [0, 0.1) is 11.6 Å². The summed E-state index contributed by atoms with van der Waals surface area (Å²) in [7, 11) is 0. The van der Waals surface area contributed by atoms with Gasteiger partial charge < -0.3 is 4.74 Å². The quantitative estimate of drug-likeness (QED) is 0.784. The topological polar surface area (TPSA) is 9.23 Å². The zero-order valence-corrected chi connectivity index (χ0v) is 10.6. The minimum atomic E-state index is -0.583. The van der Waals surface area contributed by atoms with E-state index in [1.54, 1.807) is 0 Å². The first kappa shape index (κ1) is 13.1. The van der Waals surface area contributed by atoms with Crippen LogP contribution in [0.2, 0.25) is 10.0 Å². The molecule has 0 radical (unpaired) electrons. The highest BCUT2D eigenvalue weighted by atomic mass is 35.5. The Bertz CT molecular complexity index is 573. The summed E-state index contributed by atoms with van der Waals surface area (Å²) in [5.41, 5.74) is 0.304. The van der Waals surface area contributed by atoms with Crippen LogP contribution < -0.4 is 4.74 Å². The first-order valence-electron chi connectivity index (χ1n) is 5.08. The smallest absolute Gasteiger partial charge is 0.145 e. The maximum absolute atomic E-state index is 13.4. The maximum Gasteiger partial charge on any atom is 0.145 e. The fourth-order valence-electron chi connectivity index (χ4n) is 1.38. The summed E-state index contributed by atoms with van der Waals surface area (Å²) in [5.74, 6) is -0.731. The molecule has 0 atom stereocenters. The lowest BCUT2D eigenvalue weighted by molar-refractivity contribution is 0.298. The van der Waals surface area contributed by atoms with E-state index in [-0.39, 0.29) is 17.4 Å². The van der Waals surface area contributed by atoms with Crippen LogP contribution in [0.5, 0.6) is 5.75 Å². The van der Waals surface area contributed by atoms with Gasteiger partial charge in [0.2, 0.25) is 0 Å². The number of hydrogen-bond donors (Lipinski definition) is 0. The molecule has 0 aliphatic rings. The molecule has 0 fully saturated rings. The van der Waals surface area contributed by atoms with Crippen LogP contribution in [-0.2, 0) is 6.61 Å². The van der Waals surface area contributed by atoms with Crippen LogP contribution >= 0.6 is 23.2 Å². The normalized spacial score (nSPS) is 10.4. The lowest BCUT2D eigenvalue weighted by Crippen LogP contribution is -1.98. The number of ether oxygens (including phenoxy) is 1. The molecule has 0 bridgehead atoms. The van der Waals surface area contributed by atoms with Gasteiger partial charge in [0.25, 0.3) is 0 Å². The Morgan fingerprint density at radius 3 is 2.44 bits per heavy atom. The summed E-state index contributed by atoms with van der Waals surface area (Å²) in [6, 6.07) is 8.19. The van der Waals surface area contributed by atoms with E-state index in [0.717, 1.165) is 6.07 Å². The Morgan fingerprint density at radius 2 is 1.72 bits per heavy atom. The highest BCUT2D eigenvalue weighted by molar-refractivity contribution is 6.31. The summed E-state index contributed by atoms with van der Waals surface area (Å²) in [6.07, 6.45) is 0. The summed E-state index contributed by atoms with van der Waals surface area (Å²) in [6.45, 7) is -0.0343. The van der Waals surface area contributed by atoms with Crippen molar-refractivity contribution in [2.24, 2.45) is 0 Å². The molecule has 2 aromatic carbocycles. The van der Waals surface area contributed by atoms with Gasteiger partial charge in [-0.3, -0.25) is 0 Å². The van der Waals surface area contributed by atoms with Gasteiger partial charge in [-0.05, 0) is 30.3 Å². The van der Waals surface area contributed by atoms with Gasteiger partial charge in [-0.15, -0.1) is 0 Å². The lowest BCUT2D eigenvalue weighted by atomic mass is 10.2. The van der Waals surface area contributed by atoms with Crippen molar-refractivity contribution in [2.75, 3.05) is 0 Å². The largest absolute Gasteiger partial charge is 0.489 e. The van der Waals surface area contributed by atoms with Gasteiger partial charge in [0.05, 0.1) is 5.02 Å². The van der Waals surface area contributed by atoms with E-state index in [9.17, 15) is 8.78 Å². The summed E-state index contributed by atoms with van der Waals surface area (Å²) < 4.78 is 31.8. The van der Waals surface area contributed by atoms with E-state index in [0.29, 0.717) is 10.6 Å². The van der Waals surface area contributed by atoms with Crippen molar-refractivity contribution in [3.8, 4) is 5.75 Å². The minimum Gasteiger partial charge on any atom is -0.489 e. The van der Waals surface area contributed by atoms with E-state index in [4.69, 9.17) is 27.9 Å². The number of halogens is 4. The van der Waals surface area contributed by atoms with Crippen LogP contribution in [0.1, 0.15) is 5.56 Å². The van der Waals surface area contributed by atoms with Crippen molar-refractivity contribution in [3.63, 3.8) is 0 Å². The number of benzene rings is 2. The van der Waals surface area contributed by atoms with Gasteiger partial charge in [0.15, 0.2) is 0 Å². The molecule has 0 saturated heterocycles. The second-order valence-electron chi connectivity index (χ2n) is 3.60. The molecule has 0 amide bonds. The second kappa shape index (κ2) is 5.55. The molecule has 0 spiro atoms. The molecule has 0 saturated carbocycles. The van der Waals surface area contributed by atoms with Gasteiger partial charge in [-0.1, -0.05) is 23.2 Å². The predicted octanol–water partition coefficient (Wildman–Crippen LogP) is 4.85. The highest BCUT2D eigenvalue weighted by Crippen LogP contribution is 2.22. The standard InChI is InChI=1S/C13H8Cl2F2O/c14-9-1-4-12(16)8(5-9)7-18-10-2-3-11(15)13(17)6-10/h1-6H,7H2. The Kier molecular flexibility index (Phi) is 4.04. The molecule has 0 heterocycles. The van der Waals surface area contributed by atoms with Gasteiger partial charge in [0.1, 0.15) is 24.0 Å². The Labute approximate surface area is 113 Å². The fraction of sp³-hybridized carbons (Fsp3) is 0.0769. The zero-order valence-electron chi connectivity index (χ0n) is 9.09. The lowest BCUT2D eigenvalue weighted by Gasteiger charge is -2.08. The number of rotatable bonds is 3. The summed E-state index contributed by atoms with van der Waals surface area (Å²) in [5, 5.41) is 0.425. The van der Waals surface area contributed by atoms with E-state index in [2.05, 4.69) is 0 Å². The highest BCUT2D eigenvalue weighted by Gasteiger charge is 2.06. The van der Waals surface area contributed by atoms with Crippen molar-refractivity contribution in [2.45, 2.75) is 6.61 Å². The third-order valence-electron chi connectivity index (χ3n) is 2.29. The summed E-state index contributed by atoms with van der Waals surface area (Å²) in [4.78, 5) is 0. The molecule has 2 aromatic rings. The molecule has 1 nitrogen and oxygen atoms in total. The molecule has 0 unspecified atom stereocenters. The van der Waals surface area contributed by atoms with Crippen molar-refractivity contribution in [3.05, 3.63) is 63.6 Å². The Balaban J connectivity index is 2.11. The SMILES string of the molecule is Fc1cc(OCc2cc(Cl)ccc2F)ccc1Cl. The molecule has 0 aliphatic heterocycles. The molecule has 0 N–H and O–H groups in total. The average Bonchev–Trinajstić information content (AvgIpc) is 2.34. The van der Waals surface area contributed by atoms with Crippen LogP contribution in [0.4, 0.5) is 8.78 Å². The van der Waals surface area contributed by atoms with Gasteiger partial charge in [-0.2, -0.15) is 0 Å². The summed E-state index contributed by atoms with van der Waals surface area (Å²) >= 11 is 11.3. The molecule has 5 heteroatoms. The van der Waals surface area contributed by atoms with Crippen molar-refractivity contribution >= 4 is 23.2 Å². The molecule has 0 aliphatic carbocycles. The zero-order chi connectivity index (χ0) is 13.1. The monoisotopic (exact) mass is 288 g/mol. The van der Waals surface area contributed by atoms with Crippen LogP contribution in [0.3, 0.4) is 0 Å². The minimum absolute atomic E-state index is 0.0105. The van der Waals surface area contributed by atoms with E-state index in [1.165, 1.54) is 30.3 Å². The molecule has 0 aromatic heterocycles. The van der Waals surface area contributed by atoms with Crippen LogP contribution in [-0.4, -0.2) is 0 Å². The molecular formula is C13H8Cl2F2O.